The van der Waals surface area contributed by atoms with Crippen LogP contribution in [0.4, 0.5) is 0 Å². The van der Waals surface area contributed by atoms with E-state index in [2.05, 4.69) is 0 Å². The molecule has 0 aromatic rings. The molecule has 1 saturated heterocycles. The number of cyclic esters (lactones) is 2. The van der Waals surface area contributed by atoms with Crippen molar-refractivity contribution in [1.82, 2.24) is 0 Å². The van der Waals surface area contributed by atoms with Gasteiger partial charge in [0.2, 0.25) is 0 Å². The second-order valence-electron chi connectivity index (χ2n) is 8.63. The Kier molecular flexibility index (Phi) is 5.71. The first-order valence-electron chi connectivity index (χ1n) is 10.2. The van der Waals surface area contributed by atoms with Gasteiger partial charge in [-0.1, -0.05) is 0 Å². The lowest BCUT2D eigenvalue weighted by atomic mass is 9.44. The summed E-state index contributed by atoms with van der Waals surface area (Å²) < 4.78 is 27.5. The number of hydrogen-bond donors (Lipinski definition) is 0. The van der Waals surface area contributed by atoms with Crippen LogP contribution in [0.3, 0.4) is 0 Å². The standard InChI is InChI=1S/C20H30O7/c21-17-19-10-15-9-16(11-19)13-20(12-15,14-19)18(22)27-8-6-25-4-2-23-1-3-24-5-7-26-17/h15-16H,1-14H2. The molecule has 27 heavy (non-hydrogen) atoms. The van der Waals surface area contributed by atoms with E-state index < -0.39 is 10.8 Å². The molecule has 7 nitrogen and oxygen atoms in total. The van der Waals surface area contributed by atoms with Gasteiger partial charge in [-0.2, -0.15) is 0 Å². The fourth-order valence-corrected chi connectivity index (χ4v) is 5.97. The van der Waals surface area contributed by atoms with Crippen molar-refractivity contribution in [3.05, 3.63) is 0 Å². The van der Waals surface area contributed by atoms with E-state index in [1.54, 1.807) is 0 Å². The molecule has 7 heteroatoms. The molecule has 0 N–H and O–H groups in total. The maximum absolute atomic E-state index is 12.9. The van der Waals surface area contributed by atoms with E-state index in [0.29, 0.717) is 57.9 Å². The number of esters is 2. The van der Waals surface area contributed by atoms with Crippen molar-refractivity contribution in [3.63, 3.8) is 0 Å². The lowest BCUT2D eigenvalue weighted by molar-refractivity contribution is -0.195. The van der Waals surface area contributed by atoms with Gasteiger partial charge in [0.15, 0.2) is 0 Å². The Morgan fingerprint density at radius 2 is 0.963 bits per heavy atom. The van der Waals surface area contributed by atoms with Crippen molar-refractivity contribution < 1.29 is 33.3 Å². The Bertz CT molecular complexity index is 503. The number of carbonyl (C=O) groups is 2. The minimum atomic E-state index is -0.520. The quantitative estimate of drug-likeness (QED) is 0.590. The Hall–Kier alpha value is -1.18. The second kappa shape index (κ2) is 8.05. The van der Waals surface area contributed by atoms with Gasteiger partial charge >= 0.3 is 11.9 Å². The van der Waals surface area contributed by atoms with Crippen LogP contribution in [0.1, 0.15) is 38.5 Å². The minimum absolute atomic E-state index is 0.155. The summed E-state index contributed by atoms with van der Waals surface area (Å²) >= 11 is 0. The van der Waals surface area contributed by atoms with Gasteiger partial charge in [-0.25, -0.2) is 0 Å². The fraction of sp³-hybridized carbons (Fsp3) is 0.900. The molecule has 1 heterocycles. The summed E-state index contributed by atoms with van der Waals surface area (Å²) in [7, 11) is 0. The van der Waals surface area contributed by atoms with Crippen molar-refractivity contribution in [3.8, 4) is 0 Å². The van der Waals surface area contributed by atoms with E-state index in [0.717, 1.165) is 32.1 Å². The summed E-state index contributed by atoms with van der Waals surface area (Å²) in [6, 6.07) is 0. The first-order valence-corrected chi connectivity index (χ1v) is 10.2. The molecule has 0 radical (unpaired) electrons. The molecule has 5 fully saturated rings. The predicted octanol–water partition coefficient (Wildman–Crippen LogP) is 1.72. The lowest BCUT2D eigenvalue weighted by Crippen LogP contribution is -2.58. The van der Waals surface area contributed by atoms with Gasteiger partial charge in [-0.15, -0.1) is 0 Å². The number of carbonyl (C=O) groups excluding carboxylic acids is 2. The van der Waals surface area contributed by atoms with Crippen LogP contribution < -0.4 is 0 Å². The van der Waals surface area contributed by atoms with Crippen LogP contribution in [-0.2, 0) is 33.3 Å². The van der Waals surface area contributed by atoms with Gasteiger partial charge in [0.05, 0.1) is 50.5 Å². The molecule has 0 amide bonds. The van der Waals surface area contributed by atoms with E-state index in [4.69, 9.17) is 23.7 Å². The molecule has 0 atom stereocenters. The molecular formula is C20H30O7. The predicted molar refractivity (Wildman–Crippen MR) is 93.9 cm³/mol. The van der Waals surface area contributed by atoms with E-state index in [1.807, 2.05) is 0 Å². The molecule has 1 aliphatic heterocycles. The van der Waals surface area contributed by atoms with Crippen molar-refractivity contribution in [2.45, 2.75) is 38.5 Å². The smallest absolute Gasteiger partial charge is 0.312 e. The maximum atomic E-state index is 12.9. The zero-order chi connectivity index (χ0) is 18.7. The molecule has 0 aromatic heterocycles. The zero-order valence-electron chi connectivity index (χ0n) is 15.9. The van der Waals surface area contributed by atoms with Crippen molar-refractivity contribution in [1.29, 1.82) is 0 Å². The van der Waals surface area contributed by atoms with E-state index in [9.17, 15) is 9.59 Å². The van der Waals surface area contributed by atoms with E-state index >= 15 is 0 Å². The SMILES string of the molecule is O=C1OCCOCCOCCOCCOC(=O)C23CC4CC(CC1(C4)C2)C3. The third-order valence-corrected chi connectivity index (χ3v) is 6.59. The Morgan fingerprint density at radius 1 is 0.593 bits per heavy atom. The summed E-state index contributed by atoms with van der Waals surface area (Å²) in [5.41, 5.74) is -1.04. The minimum Gasteiger partial charge on any atom is -0.463 e. The summed E-state index contributed by atoms with van der Waals surface area (Å²) in [4.78, 5) is 25.9. The van der Waals surface area contributed by atoms with Gasteiger partial charge in [0.1, 0.15) is 13.2 Å². The largest absolute Gasteiger partial charge is 0.463 e. The topological polar surface area (TPSA) is 80.3 Å². The van der Waals surface area contributed by atoms with Gasteiger partial charge in [0.25, 0.3) is 0 Å². The molecule has 2 spiro atoms. The second-order valence-corrected chi connectivity index (χ2v) is 8.63. The Balaban J connectivity index is 1.47. The fourth-order valence-electron chi connectivity index (χ4n) is 5.97. The third kappa shape index (κ3) is 4.00. The average molecular weight is 382 g/mol. The Morgan fingerprint density at radius 3 is 1.37 bits per heavy atom. The maximum Gasteiger partial charge on any atom is 0.312 e. The van der Waals surface area contributed by atoms with Crippen LogP contribution in [0.2, 0.25) is 0 Å². The molecule has 0 aromatic carbocycles. The van der Waals surface area contributed by atoms with E-state index in [1.165, 1.54) is 0 Å². The average Bonchev–Trinajstić information content (AvgIpc) is 2.63. The van der Waals surface area contributed by atoms with Gasteiger partial charge < -0.3 is 23.7 Å². The van der Waals surface area contributed by atoms with Gasteiger partial charge in [0, 0.05) is 0 Å². The van der Waals surface area contributed by atoms with Crippen molar-refractivity contribution in [2.24, 2.45) is 22.7 Å². The molecule has 5 rings (SSSR count). The van der Waals surface area contributed by atoms with Crippen LogP contribution in [0, 0.1) is 22.7 Å². The molecule has 0 unspecified atom stereocenters. The van der Waals surface area contributed by atoms with E-state index in [-0.39, 0.29) is 25.2 Å². The third-order valence-electron chi connectivity index (χ3n) is 6.59. The monoisotopic (exact) mass is 382 g/mol. The summed E-state index contributed by atoms with van der Waals surface area (Å²) in [6.07, 6.45) is 5.06. The number of hydrogen-bond acceptors (Lipinski definition) is 7. The molecule has 4 saturated carbocycles. The van der Waals surface area contributed by atoms with Gasteiger partial charge in [-0.3, -0.25) is 9.59 Å². The highest BCUT2D eigenvalue weighted by atomic mass is 16.6. The Labute approximate surface area is 160 Å². The van der Waals surface area contributed by atoms with Gasteiger partial charge in [-0.05, 0) is 50.4 Å². The number of rotatable bonds is 0. The highest BCUT2D eigenvalue weighted by Gasteiger charge is 2.64. The first kappa shape index (κ1) is 19.2. The van der Waals surface area contributed by atoms with Crippen LogP contribution in [0.5, 0.6) is 0 Å². The summed E-state index contributed by atoms with van der Waals surface area (Å²) in [5, 5.41) is 0. The summed E-state index contributed by atoms with van der Waals surface area (Å²) in [6.45, 7) is 3.10. The zero-order valence-corrected chi connectivity index (χ0v) is 15.9. The van der Waals surface area contributed by atoms with Crippen LogP contribution in [0.25, 0.3) is 0 Å². The summed E-state index contributed by atoms with van der Waals surface area (Å²) in [5.74, 6) is 0.527. The highest BCUT2D eigenvalue weighted by molar-refractivity contribution is 5.83. The van der Waals surface area contributed by atoms with Crippen LogP contribution in [0.15, 0.2) is 0 Å². The molecule has 4 aliphatic carbocycles. The lowest BCUT2D eigenvalue weighted by Gasteiger charge is -2.59. The first-order chi connectivity index (χ1) is 13.1. The van der Waals surface area contributed by atoms with Crippen molar-refractivity contribution in [2.75, 3.05) is 52.9 Å². The molecule has 5 aliphatic rings. The normalized spacial score (nSPS) is 41.3. The number of ether oxygens (including phenoxy) is 5. The molecule has 4 bridgehead atoms. The molecular weight excluding hydrogens is 352 g/mol. The van der Waals surface area contributed by atoms with Crippen molar-refractivity contribution >= 4 is 11.9 Å². The molecule has 152 valence electrons. The highest BCUT2D eigenvalue weighted by Crippen LogP contribution is 2.65. The van der Waals surface area contributed by atoms with Crippen LogP contribution in [-0.4, -0.2) is 64.8 Å². The van der Waals surface area contributed by atoms with Crippen LogP contribution >= 0.6 is 0 Å².